The maximum Gasteiger partial charge on any atom is 0.305 e. The lowest BCUT2D eigenvalue weighted by Gasteiger charge is -2.05. The highest BCUT2D eigenvalue weighted by Gasteiger charge is 2.03. The summed E-state index contributed by atoms with van der Waals surface area (Å²) in [5, 5.41) is 17.1. The molecule has 0 saturated heterocycles. The van der Waals surface area contributed by atoms with E-state index in [1.54, 1.807) is 0 Å². The van der Waals surface area contributed by atoms with Gasteiger partial charge in [0.05, 0.1) is 13.2 Å². The third-order valence-electron chi connectivity index (χ3n) is 3.18. The number of carbonyl (C=O) groups excluding carboxylic acids is 2. The van der Waals surface area contributed by atoms with Crippen molar-refractivity contribution in [2.24, 2.45) is 0 Å². The molecular weight excluding hydrogens is 288 g/mol. The molecule has 0 aliphatic heterocycles. The van der Waals surface area contributed by atoms with Crippen LogP contribution in [0.3, 0.4) is 0 Å². The zero-order chi connectivity index (χ0) is 16.5. The van der Waals surface area contributed by atoms with Crippen molar-refractivity contribution >= 4 is 11.9 Å². The van der Waals surface area contributed by atoms with Gasteiger partial charge in [-0.05, 0) is 25.7 Å². The van der Waals surface area contributed by atoms with Crippen molar-refractivity contribution in [2.75, 3.05) is 26.4 Å². The fraction of sp³-hybridized carbons (Fsp3) is 0.875. The Labute approximate surface area is 132 Å². The molecular formula is C16H30O6. The van der Waals surface area contributed by atoms with Crippen molar-refractivity contribution in [3.8, 4) is 0 Å². The number of esters is 2. The molecule has 0 spiro atoms. The molecule has 0 heterocycles. The molecule has 0 unspecified atom stereocenters. The van der Waals surface area contributed by atoms with E-state index in [9.17, 15) is 9.59 Å². The van der Waals surface area contributed by atoms with Crippen LogP contribution in [0.15, 0.2) is 0 Å². The summed E-state index contributed by atoms with van der Waals surface area (Å²) in [6.45, 7) is 0.479. The molecule has 0 aromatic carbocycles. The second-order valence-corrected chi connectivity index (χ2v) is 5.22. The first-order valence-corrected chi connectivity index (χ1v) is 8.23. The lowest BCUT2D eigenvalue weighted by atomic mass is 10.1. The van der Waals surface area contributed by atoms with Crippen LogP contribution in [0.25, 0.3) is 0 Å². The monoisotopic (exact) mass is 318 g/mol. The lowest BCUT2D eigenvalue weighted by molar-refractivity contribution is -0.145. The van der Waals surface area contributed by atoms with E-state index in [1.165, 1.54) is 0 Å². The van der Waals surface area contributed by atoms with Crippen molar-refractivity contribution < 1.29 is 29.3 Å². The molecule has 130 valence electrons. The second kappa shape index (κ2) is 16.2. The van der Waals surface area contributed by atoms with Gasteiger partial charge in [0.2, 0.25) is 0 Å². The molecule has 0 atom stereocenters. The average Bonchev–Trinajstić information content (AvgIpc) is 2.52. The Morgan fingerprint density at radius 3 is 1.59 bits per heavy atom. The van der Waals surface area contributed by atoms with Crippen molar-refractivity contribution in [1.82, 2.24) is 0 Å². The summed E-state index contributed by atoms with van der Waals surface area (Å²) < 4.78 is 9.78. The largest absolute Gasteiger partial charge is 0.466 e. The van der Waals surface area contributed by atoms with Crippen LogP contribution in [-0.4, -0.2) is 48.6 Å². The minimum atomic E-state index is -0.252. The Morgan fingerprint density at radius 1 is 0.591 bits per heavy atom. The van der Waals surface area contributed by atoms with Crippen molar-refractivity contribution in [3.63, 3.8) is 0 Å². The van der Waals surface area contributed by atoms with E-state index in [-0.39, 0.29) is 31.8 Å². The minimum Gasteiger partial charge on any atom is -0.466 e. The van der Waals surface area contributed by atoms with E-state index in [4.69, 9.17) is 19.7 Å². The van der Waals surface area contributed by atoms with Gasteiger partial charge in [0.15, 0.2) is 0 Å². The van der Waals surface area contributed by atoms with Crippen LogP contribution >= 0.6 is 0 Å². The van der Waals surface area contributed by atoms with Crippen molar-refractivity contribution in [3.05, 3.63) is 0 Å². The Hall–Kier alpha value is -1.14. The number of aliphatic hydroxyl groups excluding tert-OH is 2. The highest BCUT2D eigenvalue weighted by Crippen LogP contribution is 2.09. The SMILES string of the molecule is O=C(CCCCCCCCC(=O)OCCCCO)OCCO. The molecule has 0 fully saturated rings. The molecule has 0 bridgehead atoms. The van der Waals surface area contributed by atoms with E-state index < -0.39 is 0 Å². The van der Waals surface area contributed by atoms with Gasteiger partial charge < -0.3 is 19.7 Å². The lowest BCUT2D eigenvalue weighted by Crippen LogP contribution is -2.07. The van der Waals surface area contributed by atoms with Gasteiger partial charge in [0.1, 0.15) is 6.61 Å². The summed E-state index contributed by atoms with van der Waals surface area (Å²) in [6, 6.07) is 0. The maximum atomic E-state index is 11.3. The summed E-state index contributed by atoms with van der Waals surface area (Å²) >= 11 is 0. The molecule has 6 heteroatoms. The Kier molecular flexibility index (Phi) is 15.4. The Morgan fingerprint density at radius 2 is 1.09 bits per heavy atom. The second-order valence-electron chi connectivity index (χ2n) is 5.22. The Balaban J connectivity index is 3.22. The summed E-state index contributed by atoms with van der Waals surface area (Å²) in [7, 11) is 0. The average molecular weight is 318 g/mol. The number of ether oxygens (including phenoxy) is 2. The van der Waals surface area contributed by atoms with Gasteiger partial charge in [0, 0.05) is 19.4 Å². The molecule has 0 aliphatic rings. The van der Waals surface area contributed by atoms with Gasteiger partial charge in [-0.15, -0.1) is 0 Å². The Bertz CT molecular complexity index is 280. The van der Waals surface area contributed by atoms with E-state index in [1.807, 2.05) is 0 Å². The van der Waals surface area contributed by atoms with Gasteiger partial charge in [-0.1, -0.05) is 25.7 Å². The van der Waals surface area contributed by atoms with Crippen molar-refractivity contribution in [1.29, 1.82) is 0 Å². The summed E-state index contributed by atoms with van der Waals surface area (Å²) in [6.07, 6.45) is 7.91. The van der Waals surface area contributed by atoms with Gasteiger partial charge >= 0.3 is 11.9 Å². The van der Waals surface area contributed by atoms with E-state index in [0.717, 1.165) is 38.5 Å². The smallest absolute Gasteiger partial charge is 0.305 e. The van der Waals surface area contributed by atoms with Gasteiger partial charge in [-0.3, -0.25) is 9.59 Å². The number of rotatable bonds is 15. The zero-order valence-corrected chi connectivity index (χ0v) is 13.4. The fourth-order valence-corrected chi connectivity index (χ4v) is 1.95. The van der Waals surface area contributed by atoms with Crippen LogP contribution in [0, 0.1) is 0 Å². The zero-order valence-electron chi connectivity index (χ0n) is 13.4. The molecule has 0 radical (unpaired) electrons. The maximum absolute atomic E-state index is 11.3. The molecule has 0 amide bonds. The van der Waals surface area contributed by atoms with Crippen LogP contribution in [0.1, 0.15) is 64.2 Å². The highest BCUT2D eigenvalue weighted by molar-refractivity contribution is 5.69. The molecule has 22 heavy (non-hydrogen) atoms. The van der Waals surface area contributed by atoms with Gasteiger partial charge in [-0.2, -0.15) is 0 Å². The molecule has 0 rings (SSSR count). The third kappa shape index (κ3) is 15.3. The number of unbranched alkanes of at least 4 members (excludes halogenated alkanes) is 6. The van der Waals surface area contributed by atoms with Gasteiger partial charge in [-0.25, -0.2) is 0 Å². The summed E-state index contributed by atoms with van der Waals surface area (Å²) in [5.41, 5.74) is 0. The predicted octanol–water partition coefficient (Wildman–Crippen LogP) is 1.96. The molecule has 0 aliphatic carbocycles. The van der Waals surface area contributed by atoms with E-state index >= 15 is 0 Å². The number of aliphatic hydroxyl groups is 2. The first kappa shape index (κ1) is 20.9. The normalized spacial score (nSPS) is 10.5. The highest BCUT2D eigenvalue weighted by atomic mass is 16.5. The first-order valence-electron chi connectivity index (χ1n) is 8.23. The van der Waals surface area contributed by atoms with Crippen LogP contribution < -0.4 is 0 Å². The molecule has 0 saturated carbocycles. The number of hydrogen-bond donors (Lipinski definition) is 2. The first-order chi connectivity index (χ1) is 10.7. The third-order valence-corrected chi connectivity index (χ3v) is 3.18. The molecule has 0 aromatic rings. The summed E-state index contributed by atoms with van der Waals surface area (Å²) in [4.78, 5) is 22.5. The van der Waals surface area contributed by atoms with E-state index in [2.05, 4.69) is 0 Å². The van der Waals surface area contributed by atoms with Gasteiger partial charge in [0.25, 0.3) is 0 Å². The minimum absolute atomic E-state index is 0.0783. The number of carbonyl (C=O) groups is 2. The topological polar surface area (TPSA) is 93.1 Å². The quantitative estimate of drug-likeness (QED) is 0.354. The van der Waals surface area contributed by atoms with Crippen molar-refractivity contribution in [2.45, 2.75) is 64.2 Å². The molecule has 0 aromatic heterocycles. The van der Waals surface area contributed by atoms with Crippen LogP contribution in [0.4, 0.5) is 0 Å². The van der Waals surface area contributed by atoms with Crippen LogP contribution in [0.2, 0.25) is 0 Å². The van der Waals surface area contributed by atoms with Crippen LogP contribution in [-0.2, 0) is 19.1 Å². The molecule has 2 N–H and O–H groups in total. The molecule has 6 nitrogen and oxygen atoms in total. The van der Waals surface area contributed by atoms with E-state index in [0.29, 0.717) is 32.3 Å². The van der Waals surface area contributed by atoms with Crippen LogP contribution in [0.5, 0.6) is 0 Å². The predicted molar refractivity (Wildman–Crippen MR) is 82.3 cm³/mol. The number of hydrogen-bond acceptors (Lipinski definition) is 6. The fourth-order valence-electron chi connectivity index (χ4n) is 1.95. The standard InChI is InChI=1S/C16H30O6/c17-11-7-8-13-21-15(19)9-5-3-1-2-4-6-10-16(20)22-14-12-18/h17-18H,1-14H2. The summed E-state index contributed by atoms with van der Waals surface area (Å²) in [5.74, 6) is -0.414.